The molecule has 27 heavy (non-hydrogen) atoms. The lowest BCUT2D eigenvalue weighted by atomic mass is 10.1. The molecule has 0 saturated carbocycles. The summed E-state index contributed by atoms with van der Waals surface area (Å²) in [5, 5.41) is 5.63. The van der Waals surface area contributed by atoms with E-state index in [2.05, 4.69) is 26.0 Å². The van der Waals surface area contributed by atoms with E-state index in [-0.39, 0.29) is 18.2 Å². The van der Waals surface area contributed by atoms with Crippen LogP contribution < -0.4 is 10.5 Å². The number of rotatable bonds is 4. The minimum absolute atomic E-state index is 0.0532. The molecule has 4 aromatic rings. The maximum Gasteiger partial charge on any atom is 0.360 e. The van der Waals surface area contributed by atoms with Crippen LogP contribution in [0.5, 0.6) is 5.75 Å². The number of halogens is 1. The summed E-state index contributed by atoms with van der Waals surface area (Å²) in [5.41, 5.74) is 7.36. The number of nitrogens with two attached hydrogens (primary N) is 1. The fourth-order valence-electron chi connectivity index (χ4n) is 2.96. The first-order valence-corrected chi connectivity index (χ1v) is 8.91. The van der Waals surface area contributed by atoms with Crippen LogP contribution >= 0.6 is 15.9 Å². The molecule has 7 nitrogen and oxygen atoms in total. The van der Waals surface area contributed by atoms with E-state index >= 15 is 0 Å². The van der Waals surface area contributed by atoms with E-state index in [9.17, 15) is 4.79 Å². The minimum atomic E-state index is -0.588. The number of nitrogens with zero attached hydrogens (tertiary/aromatic N) is 3. The number of carbonyl (C=O) groups excluding carboxylic acids is 1. The number of nitrogen functional groups attached to an aromatic ring is 1. The molecule has 0 spiro atoms. The van der Waals surface area contributed by atoms with Gasteiger partial charge in [-0.1, -0.05) is 58.4 Å². The van der Waals surface area contributed by atoms with Gasteiger partial charge < -0.3 is 15.2 Å². The Labute approximate surface area is 162 Å². The molecule has 0 aliphatic rings. The third kappa shape index (κ3) is 2.97. The average Bonchev–Trinajstić information content (AvgIpc) is 3.06. The van der Waals surface area contributed by atoms with Gasteiger partial charge in [0, 0.05) is 15.2 Å². The van der Waals surface area contributed by atoms with E-state index in [0.717, 1.165) is 15.4 Å². The van der Waals surface area contributed by atoms with Crippen molar-refractivity contribution in [3.05, 3.63) is 64.3 Å². The maximum atomic E-state index is 12.6. The second-order valence-electron chi connectivity index (χ2n) is 5.81. The van der Waals surface area contributed by atoms with Crippen molar-refractivity contribution in [3.8, 4) is 5.75 Å². The Morgan fingerprint density at radius 1 is 1.19 bits per heavy atom. The van der Waals surface area contributed by atoms with E-state index < -0.39 is 5.97 Å². The van der Waals surface area contributed by atoms with Crippen molar-refractivity contribution in [2.24, 2.45) is 0 Å². The monoisotopic (exact) mass is 426 g/mol. The average molecular weight is 427 g/mol. The van der Waals surface area contributed by atoms with Crippen LogP contribution in [0.25, 0.3) is 16.4 Å². The topological polar surface area (TPSA) is 91.7 Å². The molecule has 136 valence electrons. The lowest BCUT2D eigenvalue weighted by Gasteiger charge is -2.15. The van der Waals surface area contributed by atoms with Gasteiger partial charge >= 0.3 is 5.97 Å². The highest BCUT2D eigenvalue weighted by Gasteiger charge is 2.25. The SMILES string of the molecule is COC(=O)c1c(OCc2ccccc2)c2cccc(Br)c2c2nc(N)nn12. The third-order valence-electron chi connectivity index (χ3n) is 4.14. The van der Waals surface area contributed by atoms with Crippen molar-refractivity contribution in [1.82, 2.24) is 14.6 Å². The normalized spacial score (nSPS) is 11.0. The van der Waals surface area contributed by atoms with Crippen LogP contribution in [0, 0.1) is 0 Å². The molecule has 0 radical (unpaired) electrons. The van der Waals surface area contributed by atoms with Gasteiger partial charge in [-0.05, 0) is 11.6 Å². The molecule has 0 aliphatic heterocycles. The molecular weight excluding hydrogens is 412 g/mol. The zero-order valence-electron chi connectivity index (χ0n) is 14.3. The highest BCUT2D eigenvalue weighted by Crippen LogP contribution is 2.37. The summed E-state index contributed by atoms with van der Waals surface area (Å²) in [6.07, 6.45) is 0. The molecule has 0 amide bonds. The van der Waals surface area contributed by atoms with Crippen LogP contribution in [0.15, 0.2) is 53.0 Å². The van der Waals surface area contributed by atoms with Crippen LogP contribution in [0.2, 0.25) is 0 Å². The maximum absolute atomic E-state index is 12.6. The summed E-state index contributed by atoms with van der Waals surface area (Å²) in [5.74, 6) is -0.174. The predicted molar refractivity (Wildman–Crippen MR) is 105 cm³/mol. The molecule has 0 saturated heterocycles. The van der Waals surface area contributed by atoms with Crippen molar-refractivity contribution in [2.45, 2.75) is 6.61 Å². The Balaban J connectivity index is 2.01. The molecule has 4 rings (SSSR count). The number of fused-ring (bicyclic) bond motifs is 3. The van der Waals surface area contributed by atoms with Gasteiger partial charge in [-0.3, -0.25) is 0 Å². The number of aromatic nitrogens is 3. The largest absolute Gasteiger partial charge is 0.486 e. The molecule has 2 heterocycles. The van der Waals surface area contributed by atoms with Crippen molar-refractivity contribution in [3.63, 3.8) is 0 Å². The van der Waals surface area contributed by atoms with Gasteiger partial charge in [0.15, 0.2) is 17.1 Å². The smallest absolute Gasteiger partial charge is 0.360 e. The minimum Gasteiger partial charge on any atom is -0.486 e. The molecule has 8 heteroatoms. The first-order chi connectivity index (χ1) is 13.1. The zero-order valence-corrected chi connectivity index (χ0v) is 15.9. The number of esters is 1. The second kappa shape index (κ2) is 6.88. The Morgan fingerprint density at radius 3 is 2.70 bits per heavy atom. The molecule has 2 aromatic carbocycles. The fourth-order valence-corrected chi connectivity index (χ4v) is 3.51. The van der Waals surface area contributed by atoms with Crippen molar-refractivity contribution in [2.75, 3.05) is 12.8 Å². The number of methoxy groups -OCH3 is 1. The number of carbonyl (C=O) groups is 1. The number of hydrogen-bond acceptors (Lipinski definition) is 6. The Bertz CT molecular complexity index is 1160. The number of anilines is 1. The first-order valence-electron chi connectivity index (χ1n) is 8.11. The van der Waals surface area contributed by atoms with Crippen LogP contribution in [-0.4, -0.2) is 27.7 Å². The number of pyridine rings is 1. The van der Waals surface area contributed by atoms with E-state index in [0.29, 0.717) is 16.8 Å². The molecule has 2 N–H and O–H groups in total. The van der Waals surface area contributed by atoms with Crippen molar-refractivity contribution in [1.29, 1.82) is 0 Å². The summed E-state index contributed by atoms with van der Waals surface area (Å²) in [6, 6.07) is 15.3. The van der Waals surface area contributed by atoms with E-state index in [1.807, 2.05) is 48.5 Å². The molecule has 0 atom stereocenters. The van der Waals surface area contributed by atoms with Gasteiger partial charge in [0.25, 0.3) is 0 Å². The van der Waals surface area contributed by atoms with Crippen LogP contribution in [0.1, 0.15) is 16.1 Å². The summed E-state index contributed by atoms with van der Waals surface area (Å²) in [7, 11) is 1.31. The quantitative estimate of drug-likeness (QED) is 0.501. The third-order valence-corrected chi connectivity index (χ3v) is 4.80. The van der Waals surface area contributed by atoms with Gasteiger partial charge in [0.2, 0.25) is 5.95 Å². The first kappa shape index (κ1) is 17.3. The van der Waals surface area contributed by atoms with Crippen molar-refractivity contribution < 1.29 is 14.3 Å². The van der Waals surface area contributed by atoms with Gasteiger partial charge in [-0.2, -0.15) is 9.50 Å². The lowest BCUT2D eigenvalue weighted by Crippen LogP contribution is -2.13. The molecule has 0 bridgehead atoms. The van der Waals surface area contributed by atoms with Crippen LogP contribution in [0.4, 0.5) is 5.95 Å². The highest BCUT2D eigenvalue weighted by molar-refractivity contribution is 9.10. The molecular formula is C19H15BrN4O3. The van der Waals surface area contributed by atoms with Gasteiger partial charge in [0.1, 0.15) is 6.61 Å². The molecule has 0 aliphatic carbocycles. The van der Waals surface area contributed by atoms with Crippen molar-refractivity contribution >= 4 is 44.3 Å². The fraction of sp³-hybridized carbons (Fsp3) is 0.105. The Morgan fingerprint density at radius 2 is 1.96 bits per heavy atom. The van der Waals surface area contributed by atoms with E-state index in [1.165, 1.54) is 11.6 Å². The molecule has 0 unspecified atom stereocenters. The molecule has 0 fully saturated rings. The second-order valence-corrected chi connectivity index (χ2v) is 6.67. The Hall–Kier alpha value is -3.13. The van der Waals surface area contributed by atoms with E-state index in [1.54, 1.807) is 0 Å². The Kier molecular flexibility index (Phi) is 4.41. The van der Waals surface area contributed by atoms with E-state index in [4.69, 9.17) is 15.2 Å². The summed E-state index contributed by atoms with van der Waals surface area (Å²) in [4.78, 5) is 16.8. The standard InChI is InChI=1S/C19H15BrN4O3/c1-26-18(25)15-16(27-10-11-6-3-2-4-7-11)12-8-5-9-13(20)14(12)17-22-19(21)23-24(15)17/h2-9H,10H2,1H3,(H2,21,23). The highest BCUT2D eigenvalue weighted by atomic mass is 79.9. The van der Waals surface area contributed by atoms with Gasteiger partial charge in [-0.15, -0.1) is 5.10 Å². The van der Waals surface area contributed by atoms with Gasteiger partial charge in [0.05, 0.1) is 7.11 Å². The summed E-state index contributed by atoms with van der Waals surface area (Å²) in [6.45, 7) is 0.280. The van der Waals surface area contributed by atoms with Crippen LogP contribution in [0.3, 0.4) is 0 Å². The van der Waals surface area contributed by atoms with Gasteiger partial charge in [-0.25, -0.2) is 4.79 Å². The summed E-state index contributed by atoms with van der Waals surface area (Å²) < 4.78 is 13.2. The number of benzene rings is 2. The van der Waals surface area contributed by atoms with Crippen LogP contribution in [-0.2, 0) is 11.3 Å². The number of ether oxygens (including phenoxy) is 2. The zero-order chi connectivity index (χ0) is 19.0. The predicted octanol–water partition coefficient (Wildman–Crippen LogP) is 3.59. The number of hydrogen-bond donors (Lipinski definition) is 1. The molecule has 2 aromatic heterocycles. The lowest BCUT2D eigenvalue weighted by molar-refractivity contribution is 0.0585. The summed E-state index contributed by atoms with van der Waals surface area (Å²) >= 11 is 3.54.